The summed E-state index contributed by atoms with van der Waals surface area (Å²) >= 11 is 0.938. The van der Waals surface area contributed by atoms with E-state index in [0.717, 1.165) is 23.7 Å². The molecule has 5 nitrogen and oxygen atoms in total. The number of aromatic nitrogens is 1. The lowest BCUT2D eigenvalue weighted by Crippen LogP contribution is -2.14. The Bertz CT molecular complexity index is 865. The van der Waals surface area contributed by atoms with Gasteiger partial charge < -0.3 is 9.64 Å². The average Bonchev–Trinajstić information content (AvgIpc) is 2.99. The van der Waals surface area contributed by atoms with Gasteiger partial charge >= 0.3 is 0 Å². The molecular weight excluding hydrogens is 358 g/mol. The molecule has 0 atom stereocenters. The summed E-state index contributed by atoms with van der Waals surface area (Å²) in [7, 11) is 1.77. The molecule has 2 rings (SSSR count). The van der Waals surface area contributed by atoms with E-state index >= 15 is 0 Å². The van der Waals surface area contributed by atoms with Gasteiger partial charge in [0.25, 0.3) is 0 Å². The molecule has 0 saturated heterocycles. The number of ether oxygens (including phenoxy) is 1. The van der Waals surface area contributed by atoms with E-state index in [2.05, 4.69) is 9.37 Å². The third-order valence-corrected chi connectivity index (χ3v) is 4.31. The second-order valence-electron chi connectivity index (χ2n) is 6.71. The molecule has 0 spiro atoms. The summed E-state index contributed by atoms with van der Waals surface area (Å²) in [5.41, 5.74) is 0.297. The van der Waals surface area contributed by atoms with Gasteiger partial charge in [-0.25, -0.2) is 13.8 Å². The summed E-state index contributed by atoms with van der Waals surface area (Å²) in [6.07, 6.45) is 1.42. The van der Waals surface area contributed by atoms with Crippen LogP contribution in [-0.4, -0.2) is 29.2 Å². The first-order valence-electron chi connectivity index (χ1n) is 7.99. The zero-order valence-electron chi connectivity index (χ0n) is 15.3. The first-order chi connectivity index (χ1) is 12.2. The number of hydrogen-bond donors (Lipinski definition) is 0. The predicted octanol–water partition coefficient (Wildman–Crippen LogP) is 4.99. The number of rotatable bonds is 5. The molecule has 1 heterocycles. The quantitative estimate of drug-likeness (QED) is 0.543. The molecule has 0 radical (unpaired) electrons. The van der Waals surface area contributed by atoms with E-state index in [0.29, 0.717) is 12.2 Å². The number of aliphatic imine (C=N–C) groups is 1. The van der Waals surface area contributed by atoms with E-state index in [4.69, 9.17) is 4.74 Å². The third-order valence-electron chi connectivity index (χ3n) is 3.58. The predicted molar refractivity (Wildman–Crippen MR) is 98.4 cm³/mol. The fourth-order valence-corrected chi connectivity index (χ4v) is 2.89. The minimum atomic E-state index is -0.771. The molecule has 138 valence electrons. The highest BCUT2D eigenvalue weighted by atomic mass is 32.1. The zero-order chi connectivity index (χ0) is 19.5. The number of halogens is 2. The van der Waals surface area contributed by atoms with Gasteiger partial charge in [0.15, 0.2) is 17.4 Å². The monoisotopic (exact) mass is 378 g/mol. The van der Waals surface area contributed by atoms with Crippen LogP contribution >= 0.6 is 11.5 Å². The molecule has 0 bridgehead atoms. The van der Waals surface area contributed by atoms with Gasteiger partial charge in [-0.1, -0.05) is 20.8 Å². The van der Waals surface area contributed by atoms with Crippen LogP contribution in [0.1, 0.15) is 39.0 Å². The third kappa shape index (κ3) is 4.35. The van der Waals surface area contributed by atoms with Crippen molar-refractivity contribution < 1.29 is 13.5 Å². The molecule has 0 aliphatic rings. The summed E-state index contributed by atoms with van der Waals surface area (Å²) in [6.45, 7) is 8.33. The van der Waals surface area contributed by atoms with Gasteiger partial charge in [0, 0.05) is 42.7 Å². The molecule has 0 aliphatic heterocycles. The molecular formula is C18H20F2N4OS. The van der Waals surface area contributed by atoms with Crippen molar-refractivity contribution in [3.05, 3.63) is 35.0 Å². The van der Waals surface area contributed by atoms with E-state index in [-0.39, 0.29) is 27.5 Å². The Morgan fingerprint density at radius 1 is 1.35 bits per heavy atom. The zero-order valence-corrected chi connectivity index (χ0v) is 16.1. The van der Waals surface area contributed by atoms with Gasteiger partial charge in [-0.05, 0) is 6.92 Å². The van der Waals surface area contributed by atoms with E-state index in [1.54, 1.807) is 11.9 Å². The van der Waals surface area contributed by atoms with Crippen LogP contribution in [0.3, 0.4) is 0 Å². The van der Waals surface area contributed by atoms with Crippen molar-refractivity contribution in [1.29, 1.82) is 5.26 Å². The van der Waals surface area contributed by atoms with Crippen LogP contribution in [0.4, 0.5) is 14.5 Å². The number of nitriles is 1. The van der Waals surface area contributed by atoms with Crippen molar-refractivity contribution in [2.75, 3.05) is 13.6 Å². The minimum Gasteiger partial charge on any atom is -0.441 e. The van der Waals surface area contributed by atoms with Crippen molar-refractivity contribution in [2.24, 2.45) is 4.99 Å². The summed E-state index contributed by atoms with van der Waals surface area (Å²) in [5.74, 6) is -1.81. The molecule has 0 saturated carbocycles. The van der Waals surface area contributed by atoms with E-state index in [1.165, 1.54) is 6.34 Å². The Kier molecular flexibility index (Phi) is 5.93. The molecule has 1 aromatic heterocycles. The van der Waals surface area contributed by atoms with E-state index < -0.39 is 11.6 Å². The standard InChI is InChI=1S/C18H20F2N4OS/c1-6-24(5)10-22-14-7-13(20)15(8-12(14)19)25-17-11(9-21)16(23-26-17)18(2,3)4/h7-8,10H,6H2,1-5H3. The normalized spacial score (nSPS) is 11.6. The first kappa shape index (κ1) is 19.8. The lowest BCUT2D eigenvalue weighted by Gasteiger charge is -2.15. The molecule has 0 fully saturated rings. The van der Waals surface area contributed by atoms with Crippen molar-refractivity contribution >= 4 is 23.6 Å². The van der Waals surface area contributed by atoms with E-state index in [9.17, 15) is 14.0 Å². The van der Waals surface area contributed by atoms with Gasteiger partial charge in [0.2, 0.25) is 5.06 Å². The highest BCUT2D eigenvalue weighted by Gasteiger charge is 2.26. The number of benzene rings is 1. The lowest BCUT2D eigenvalue weighted by atomic mass is 9.90. The topological polar surface area (TPSA) is 61.5 Å². The van der Waals surface area contributed by atoms with E-state index in [1.807, 2.05) is 33.8 Å². The molecule has 2 aromatic rings. The van der Waals surface area contributed by atoms with Crippen LogP contribution in [-0.2, 0) is 5.41 Å². The summed E-state index contributed by atoms with van der Waals surface area (Å²) in [4.78, 5) is 5.65. The Labute approximate surface area is 155 Å². The fourth-order valence-electron chi connectivity index (χ4n) is 1.99. The van der Waals surface area contributed by atoms with Crippen molar-refractivity contribution in [3.8, 4) is 16.9 Å². The van der Waals surface area contributed by atoms with Crippen molar-refractivity contribution in [2.45, 2.75) is 33.1 Å². The highest BCUT2D eigenvalue weighted by molar-refractivity contribution is 7.08. The summed E-state index contributed by atoms with van der Waals surface area (Å²) in [5, 5.41) is 9.52. The van der Waals surface area contributed by atoms with Gasteiger partial charge in [0.1, 0.15) is 17.3 Å². The molecule has 0 aliphatic carbocycles. The molecule has 26 heavy (non-hydrogen) atoms. The van der Waals surface area contributed by atoms with Crippen LogP contribution in [0.15, 0.2) is 17.1 Å². The number of hydrogen-bond acceptors (Lipinski definition) is 5. The van der Waals surface area contributed by atoms with Crippen LogP contribution in [0.5, 0.6) is 10.8 Å². The fraction of sp³-hybridized carbons (Fsp3) is 0.389. The molecule has 1 aromatic carbocycles. The van der Waals surface area contributed by atoms with Gasteiger partial charge in [-0.2, -0.15) is 9.64 Å². The van der Waals surface area contributed by atoms with Crippen molar-refractivity contribution in [1.82, 2.24) is 9.27 Å². The average molecular weight is 378 g/mol. The smallest absolute Gasteiger partial charge is 0.218 e. The summed E-state index contributed by atoms with van der Waals surface area (Å²) < 4.78 is 38.2. The largest absolute Gasteiger partial charge is 0.441 e. The molecule has 0 N–H and O–H groups in total. The molecule has 0 unspecified atom stereocenters. The van der Waals surface area contributed by atoms with Gasteiger partial charge in [0.05, 0.1) is 12.0 Å². The maximum absolute atomic E-state index is 14.3. The lowest BCUT2D eigenvalue weighted by molar-refractivity contribution is 0.444. The van der Waals surface area contributed by atoms with Gasteiger partial charge in [-0.3, -0.25) is 0 Å². The number of nitrogens with zero attached hydrogens (tertiary/aromatic N) is 4. The van der Waals surface area contributed by atoms with Crippen LogP contribution < -0.4 is 4.74 Å². The molecule has 0 amide bonds. The second-order valence-corrected chi connectivity index (χ2v) is 7.45. The maximum atomic E-state index is 14.3. The van der Waals surface area contributed by atoms with Crippen LogP contribution in [0, 0.1) is 23.0 Å². The first-order valence-corrected chi connectivity index (χ1v) is 8.76. The SMILES string of the molecule is CCN(C)C=Nc1cc(F)c(Oc2snc(C(C)(C)C)c2C#N)cc1F. The van der Waals surface area contributed by atoms with Gasteiger partial charge in [-0.15, -0.1) is 0 Å². The van der Waals surface area contributed by atoms with Crippen LogP contribution in [0.25, 0.3) is 0 Å². The highest BCUT2D eigenvalue weighted by Crippen LogP contribution is 2.38. The Balaban J connectivity index is 2.35. The van der Waals surface area contributed by atoms with Crippen molar-refractivity contribution in [3.63, 3.8) is 0 Å². The summed E-state index contributed by atoms with van der Waals surface area (Å²) in [6, 6.07) is 3.92. The minimum absolute atomic E-state index is 0.129. The maximum Gasteiger partial charge on any atom is 0.218 e. The second kappa shape index (κ2) is 7.79. The molecule has 8 heteroatoms. The Hall–Kier alpha value is -2.53. The Morgan fingerprint density at radius 3 is 2.62 bits per heavy atom. The van der Waals surface area contributed by atoms with Crippen LogP contribution in [0.2, 0.25) is 0 Å². The Morgan fingerprint density at radius 2 is 2.04 bits per heavy atom.